The highest BCUT2D eigenvalue weighted by Crippen LogP contribution is 2.22. The zero-order valence-corrected chi connectivity index (χ0v) is 9.94. The third-order valence-electron chi connectivity index (χ3n) is 2.44. The fourth-order valence-corrected chi connectivity index (χ4v) is 1.61. The van der Waals surface area contributed by atoms with Crippen LogP contribution in [0.25, 0.3) is 0 Å². The van der Waals surface area contributed by atoms with Gasteiger partial charge < -0.3 is 5.32 Å². The minimum atomic E-state index is -0.182. The summed E-state index contributed by atoms with van der Waals surface area (Å²) in [5.41, 5.74) is 0.929. The van der Waals surface area contributed by atoms with Crippen LogP contribution >= 0.6 is 11.6 Å². The largest absolute Gasteiger partial charge is 0.315 e. The van der Waals surface area contributed by atoms with E-state index < -0.39 is 0 Å². The van der Waals surface area contributed by atoms with E-state index >= 15 is 0 Å². The van der Waals surface area contributed by atoms with E-state index in [-0.39, 0.29) is 11.2 Å². The van der Waals surface area contributed by atoms with Gasteiger partial charge in [0.1, 0.15) is 5.82 Å². The second-order valence-electron chi connectivity index (χ2n) is 4.26. The standard InChI is InChI=1S/C12H17ClFN/c1-12(2,9-15-7-6-13)10-4-3-5-11(14)8-10/h3-5,8,15H,6-7,9H2,1-2H3. The van der Waals surface area contributed by atoms with Crippen LogP contribution in [0.4, 0.5) is 4.39 Å². The summed E-state index contributed by atoms with van der Waals surface area (Å²) in [7, 11) is 0. The Labute approximate surface area is 95.6 Å². The number of halogens is 2. The molecule has 1 aromatic carbocycles. The monoisotopic (exact) mass is 229 g/mol. The van der Waals surface area contributed by atoms with Crippen molar-refractivity contribution in [2.45, 2.75) is 19.3 Å². The van der Waals surface area contributed by atoms with E-state index in [9.17, 15) is 4.39 Å². The Balaban J connectivity index is 2.67. The Morgan fingerprint density at radius 3 is 2.73 bits per heavy atom. The second-order valence-corrected chi connectivity index (χ2v) is 4.64. The van der Waals surface area contributed by atoms with Crippen molar-refractivity contribution < 1.29 is 4.39 Å². The molecule has 0 saturated heterocycles. The predicted octanol–water partition coefficient (Wildman–Crippen LogP) is 2.93. The molecule has 0 aromatic heterocycles. The fourth-order valence-electron chi connectivity index (χ4n) is 1.48. The van der Waals surface area contributed by atoms with Crippen molar-refractivity contribution in [3.63, 3.8) is 0 Å². The fraction of sp³-hybridized carbons (Fsp3) is 0.500. The zero-order valence-electron chi connectivity index (χ0n) is 9.19. The Kier molecular flexibility index (Phi) is 4.55. The SMILES string of the molecule is CC(C)(CNCCCl)c1cccc(F)c1. The van der Waals surface area contributed by atoms with Crippen LogP contribution in [0.3, 0.4) is 0 Å². The number of hydrogen-bond acceptors (Lipinski definition) is 1. The first-order valence-corrected chi connectivity index (χ1v) is 5.62. The molecule has 0 aliphatic rings. The Bertz CT molecular complexity index is 312. The average Bonchev–Trinajstić information content (AvgIpc) is 2.18. The van der Waals surface area contributed by atoms with Crippen LogP contribution in [0.15, 0.2) is 24.3 Å². The average molecular weight is 230 g/mol. The Hall–Kier alpha value is -0.600. The maximum Gasteiger partial charge on any atom is 0.123 e. The first-order valence-electron chi connectivity index (χ1n) is 5.09. The van der Waals surface area contributed by atoms with Crippen LogP contribution in [-0.2, 0) is 5.41 Å². The Morgan fingerprint density at radius 1 is 1.40 bits per heavy atom. The summed E-state index contributed by atoms with van der Waals surface area (Å²) in [4.78, 5) is 0. The molecule has 0 aliphatic carbocycles. The lowest BCUT2D eigenvalue weighted by Gasteiger charge is -2.25. The van der Waals surface area contributed by atoms with Gasteiger partial charge in [0.2, 0.25) is 0 Å². The van der Waals surface area contributed by atoms with E-state index in [2.05, 4.69) is 19.2 Å². The van der Waals surface area contributed by atoms with Gasteiger partial charge in [0.15, 0.2) is 0 Å². The highest BCUT2D eigenvalue weighted by Gasteiger charge is 2.20. The van der Waals surface area contributed by atoms with Crippen molar-refractivity contribution in [2.75, 3.05) is 19.0 Å². The molecule has 1 rings (SSSR count). The number of rotatable bonds is 5. The van der Waals surface area contributed by atoms with Gasteiger partial charge in [-0.1, -0.05) is 26.0 Å². The quantitative estimate of drug-likeness (QED) is 0.605. The van der Waals surface area contributed by atoms with E-state index in [1.54, 1.807) is 12.1 Å². The first kappa shape index (κ1) is 12.5. The molecule has 0 atom stereocenters. The van der Waals surface area contributed by atoms with Gasteiger partial charge >= 0.3 is 0 Å². The molecular formula is C12H17ClFN. The van der Waals surface area contributed by atoms with Gasteiger partial charge in [-0.25, -0.2) is 4.39 Å². The lowest BCUT2D eigenvalue weighted by molar-refractivity contribution is 0.474. The molecule has 0 spiro atoms. The molecule has 0 amide bonds. The summed E-state index contributed by atoms with van der Waals surface area (Å²) >= 11 is 5.58. The van der Waals surface area contributed by atoms with Crippen molar-refractivity contribution in [3.8, 4) is 0 Å². The van der Waals surface area contributed by atoms with Crippen LogP contribution in [0.5, 0.6) is 0 Å². The predicted molar refractivity (Wildman–Crippen MR) is 63.0 cm³/mol. The molecule has 3 heteroatoms. The summed E-state index contributed by atoms with van der Waals surface area (Å²) in [6, 6.07) is 6.74. The molecule has 1 N–H and O–H groups in total. The summed E-state index contributed by atoms with van der Waals surface area (Å²) in [6.45, 7) is 5.75. The van der Waals surface area contributed by atoms with Crippen LogP contribution in [0, 0.1) is 5.82 Å². The van der Waals surface area contributed by atoms with Crippen LogP contribution in [-0.4, -0.2) is 19.0 Å². The molecule has 0 heterocycles. The highest BCUT2D eigenvalue weighted by atomic mass is 35.5. The molecule has 0 radical (unpaired) electrons. The first-order chi connectivity index (χ1) is 7.06. The smallest absolute Gasteiger partial charge is 0.123 e. The second kappa shape index (κ2) is 5.47. The number of benzene rings is 1. The lowest BCUT2D eigenvalue weighted by Crippen LogP contribution is -2.34. The third kappa shape index (κ3) is 3.80. The van der Waals surface area contributed by atoms with Gasteiger partial charge in [-0.2, -0.15) is 0 Å². The molecule has 0 aliphatic heterocycles. The van der Waals surface area contributed by atoms with Crippen molar-refractivity contribution in [1.82, 2.24) is 5.32 Å². The van der Waals surface area contributed by atoms with Crippen molar-refractivity contribution in [3.05, 3.63) is 35.6 Å². The maximum atomic E-state index is 13.0. The highest BCUT2D eigenvalue weighted by molar-refractivity contribution is 6.18. The summed E-state index contributed by atoms with van der Waals surface area (Å²) in [5.74, 6) is 0.414. The van der Waals surface area contributed by atoms with Gasteiger partial charge in [-0.15, -0.1) is 11.6 Å². The van der Waals surface area contributed by atoms with Crippen LogP contribution in [0.1, 0.15) is 19.4 Å². The minimum absolute atomic E-state index is 0.0752. The molecule has 1 aromatic rings. The minimum Gasteiger partial charge on any atom is -0.315 e. The molecule has 0 bridgehead atoms. The van der Waals surface area contributed by atoms with Crippen molar-refractivity contribution in [1.29, 1.82) is 0 Å². The molecule has 1 nitrogen and oxygen atoms in total. The molecular weight excluding hydrogens is 213 g/mol. The molecule has 0 saturated carbocycles. The van der Waals surface area contributed by atoms with E-state index in [4.69, 9.17) is 11.6 Å². The number of nitrogens with one attached hydrogen (secondary N) is 1. The van der Waals surface area contributed by atoms with E-state index in [1.165, 1.54) is 6.07 Å². The molecule has 15 heavy (non-hydrogen) atoms. The van der Waals surface area contributed by atoms with Crippen molar-refractivity contribution >= 4 is 11.6 Å². The van der Waals surface area contributed by atoms with E-state index in [1.807, 2.05) is 6.07 Å². The van der Waals surface area contributed by atoms with Crippen LogP contribution < -0.4 is 5.32 Å². The normalized spacial score (nSPS) is 11.7. The lowest BCUT2D eigenvalue weighted by atomic mass is 9.84. The summed E-state index contributed by atoms with van der Waals surface area (Å²) in [5, 5.41) is 3.24. The van der Waals surface area contributed by atoms with Gasteiger partial charge in [-0.05, 0) is 17.7 Å². The van der Waals surface area contributed by atoms with Gasteiger partial charge in [0.05, 0.1) is 0 Å². The zero-order chi connectivity index (χ0) is 11.3. The molecule has 84 valence electrons. The Morgan fingerprint density at radius 2 is 2.13 bits per heavy atom. The van der Waals surface area contributed by atoms with Gasteiger partial charge in [-0.3, -0.25) is 0 Å². The van der Waals surface area contributed by atoms with Crippen LogP contribution in [0.2, 0.25) is 0 Å². The molecule has 0 unspecified atom stereocenters. The molecule has 0 fully saturated rings. The van der Waals surface area contributed by atoms with E-state index in [0.717, 1.165) is 18.7 Å². The third-order valence-corrected chi connectivity index (χ3v) is 2.63. The van der Waals surface area contributed by atoms with E-state index in [0.29, 0.717) is 5.88 Å². The topological polar surface area (TPSA) is 12.0 Å². The van der Waals surface area contributed by atoms with Gasteiger partial charge in [0, 0.05) is 24.4 Å². The maximum absolute atomic E-state index is 13.0. The van der Waals surface area contributed by atoms with Crippen molar-refractivity contribution in [2.24, 2.45) is 0 Å². The van der Waals surface area contributed by atoms with Gasteiger partial charge in [0.25, 0.3) is 0 Å². The number of hydrogen-bond donors (Lipinski definition) is 1. The summed E-state index contributed by atoms with van der Waals surface area (Å²) < 4.78 is 13.0. The summed E-state index contributed by atoms with van der Waals surface area (Å²) in [6.07, 6.45) is 0. The number of alkyl halides is 1.